The van der Waals surface area contributed by atoms with Gasteiger partial charge < -0.3 is 0 Å². The van der Waals surface area contributed by atoms with Crippen molar-refractivity contribution in [1.82, 2.24) is 0 Å². The first-order valence-electron chi connectivity index (χ1n) is 4.19. The Morgan fingerprint density at radius 3 is 2.45 bits per heavy atom. The van der Waals surface area contributed by atoms with Crippen molar-refractivity contribution in [3.05, 3.63) is 32.2 Å². The predicted octanol–water partition coefficient (Wildman–Crippen LogP) is 3.78. The fraction of sp³-hybridized carbons (Fsp3) is 0.545. The molecule has 11 heavy (non-hydrogen) atoms. The normalized spacial score (nSPS) is 9.55. The van der Waals surface area contributed by atoms with E-state index in [0.29, 0.717) is 0 Å². The van der Waals surface area contributed by atoms with Gasteiger partial charge in [0.25, 0.3) is 0 Å². The Labute approximate surface area is 72.0 Å². The Morgan fingerprint density at radius 1 is 1.18 bits per heavy atom. The van der Waals surface area contributed by atoms with Gasteiger partial charge in [-0.2, -0.15) is 0 Å². The van der Waals surface area contributed by atoms with Gasteiger partial charge in [-0.05, 0) is 12.8 Å². The Kier molecular flexibility index (Phi) is 14.5. The molecule has 0 nitrogen and oxygen atoms in total. The van der Waals surface area contributed by atoms with Gasteiger partial charge in [0, 0.05) is 7.43 Å². The SMILES string of the molecule is C=CC=CCCCCCC.[C]. The topological polar surface area (TPSA) is 0 Å². The van der Waals surface area contributed by atoms with Crippen LogP contribution in [0.15, 0.2) is 24.8 Å². The van der Waals surface area contributed by atoms with Gasteiger partial charge in [-0.3, -0.25) is 0 Å². The van der Waals surface area contributed by atoms with Crippen molar-refractivity contribution in [2.75, 3.05) is 0 Å². The van der Waals surface area contributed by atoms with Crippen molar-refractivity contribution in [2.24, 2.45) is 0 Å². The Bertz CT molecular complexity index is 90.2. The van der Waals surface area contributed by atoms with Crippen LogP contribution in [-0.2, 0) is 0 Å². The van der Waals surface area contributed by atoms with Gasteiger partial charge in [-0.15, -0.1) is 0 Å². The lowest BCUT2D eigenvalue weighted by molar-refractivity contribution is 0.674. The van der Waals surface area contributed by atoms with Crippen molar-refractivity contribution in [1.29, 1.82) is 0 Å². The lowest BCUT2D eigenvalue weighted by Crippen LogP contribution is -1.72. The highest BCUT2D eigenvalue weighted by Crippen LogP contribution is 2.02. The van der Waals surface area contributed by atoms with Crippen LogP contribution in [0.4, 0.5) is 0 Å². The van der Waals surface area contributed by atoms with Gasteiger partial charge in [0.1, 0.15) is 0 Å². The second-order valence-corrected chi connectivity index (χ2v) is 2.51. The minimum atomic E-state index is 0. The number of unbranched alkanes of at least 4 members (excludes halogenated alkanes) is 4. The second-order valence-electron chi connectivity index (χ2n) is 2.51. The van der Waals surface area contributed by atoms with Crippen LogP contribution in [0.25, 0.3) is 0 Å². The van der Waals surface area contributed by atoms with Gasteiger partial charge >= 0.3 is 0 Å². The summed E-state index contributed by atoms with van der Waals surface area (Å²) in [6.45, 7) is 5.84. The van der Waals surface area contributed by atoms with Gasteiger partial charge in [0.05, 0.1) is 0 Å². The van der Waals surface area contributed by atoms with E-state index in [2.05, 4.69) is 19.6 Å². The van der Waals surface area contributed by atoms with E-state index >= 15 is 0 Å². The molecular weight excluding hydrogens is 132 g/mol. The molecule has 0 aliphatic heterocycles. The molecule has 0 N–H and O–H groups in total. The van der Waals surface area contributed by atoms with E-state index in [-0.39, 0.29) is 7.43 Å². The highest BCUT2D eigenvalue weighted by atomic mass is 13.9. The predicted molar refractivity (Wildman–Crippen MR) is 51.3 cm³/mol. The van der Waals surface area contributed by atoms with Crippen molar-refractivity contribution in [3.8, 4) is 0 Å². The van der Waals surface area contributed by atoms with Crippen LogP contribution in [0, 0.1) is 7.43 Å². The van der Waals surface area contributed by atoms with Crippen molar-refractivity contribution in [3.63, 3.8) is 0 Å². The molecular formula is C11H18. The molecule has 0 atom stereocenters. The molecule has 0 aromatic rings. The number of allylic oxidation sites excluding steroid dienone is 3. The van der Waals surface area contributed by atoms with E-state index in [1.807, 2.05) is 12.2 Å². The summed E-state index contributed by atoms with van der Waals surface area (Å²) < 4.78 is 0. The van der Waals surface area contributed by atoms with Gasteiger partial charge in [-0.1, -0.05) is 51.0 Å². The van der Waals surface area contributed by atoms with E-state index in [9.17, 15) is 0 Å². The Hall–Kier alpha value is -0.520. The molecule has 0 amide bonds. The summed E-state index contributed by atoms with van der Waals surface area (Å²) in [5, 5.41) is 0. The van der Waals surface area contributed by atoms with E-state index in [0.717, 1.165) is 0 Å². The van der Waals surface area contributed by atoms with Crippen LogP contribution >= 0.6 is 0 Å². The summed E-state index contributed by atoms with van der Waals surface area (Å²) in [5.74, 6) is 0. The Balaban J connectivity index is 0. The van der Waals surface area contributed by atoms with Crippen molar-refractivity contribution < 1.29 is 0 Å². The standard InChI is InChI=1S/C10H18.C/c1-3-5-7-9-10-8-6-4-2;/h3,5,7H,1,4,6,8-10H2,2H3;. The first-order chi connectivity index (χ1) is 4.91. The van der Waals surface area contributed by atoms with Gasteiger partial charge in [0.2, 0.25) is 0 Å². The third-order valence-corrected chi connectivity index (χ3v) is 1.50. The molecule has 0 rings (SSSR count). The van der Waals surface area contributed by atoms with Crippen LogP contribution in [0.3, 0.4) is 0 Å². The maximum Gasteiger partial charge on any atom is 0 e. The molecule has 0 heterocycles. The fourth-order valence-electron chi connectivity index (χ4n) is 0.881. The summed E-state index contributed by atoms with van der Waals surface area (Å²) in [6.07, 6.45) is 12.7. The number of rotatable bonds is 6. The largest absolute Gasteiger partial charge is 0.0991 e. The van der Waals surface area contributed by atoms with Gasteiger partial charge in [-0.25, -0.2) is 0 Å². The smallest absolute Gasteiger partial charge is 0 e. The molecule has 0 fully saturated rings. The zero-order chi connectivity index (χ0) is 7.66. The molecule has 0 saturated heterocycles. The van der Waals surface area contributed by atoms with Crippen LogP contribution < -0.4 is 0 Å². The summed E-state index contributed by atoms with van der Waals surface area (Å²) in [6, 6.07) is 0. The quantitative estimate of drug-likeness (QED) is 0.399. The summed E-state index contributed by atoms with van der Waals surface area (Å²) >= 11 is 0. The highest BCUT2D eigenvalue weighted by Gasteiger charge is 1.82. The number of hydrogen-bond acceptors (Lipinski definition) is 0. The lowest BCUT2D eigenvalue weighted by atomic mass is 10.1. The molecule has 0 bridgehead atoms. The van der Waals surface area contributed by atoms with Crippen LogP contribution in [0.2, 0.25) is 0 Å². The summed E-state index contributed by atoms with van der Waals surface area (Å²) in [7, 11) is 0. The first-order valence-corrected chi connectivity index (χ1v) is 4.19. The summed E-state index contributed by atoms with van der Waals surface area (Å²) in [5.41, 5.74) is 0. The highest BCUT2D eigenvalue weighted by molar-refractivity contribution is 4.96. The average molecular weight is 150 g/mol. The minimum Gasteiger partial charge on any atom is -0.0991 e. The average Bonchev–Trinajstić information content (AvgIpc) is 1.97. The zero-order valence-corrected chi connectivity index (χ0v) is 7.47. The molecule has 0 aromatic carbocycles. The van der Waals surface area contributed by atoms with E-state index in [1.165, 1.54) is 32.1 Å². The zero-order valence-electron chi connectivity index (χ0n) is 7.47. The van der Waals surface area contributed by atoms with Crippen LogP contribution in [-0.4, -0.2) is 0 Å². The maximum atomic E-state index is 3.61. The molecule has 0 aromatic heterocycles. The monoisotopic (exact) mass is 150 g/mol. The third kappa shape index (κ3) is 12.6. The molecule has 0 unspecified atom stereocenters. The first kappa shape index (κ1) is 13.1. The molecule has 0 aliphatic carbocycles. The van der Waals surface area contributed by atoms with Crippen molar-refractivity contribution >= 4 is 0 Å². The lowest BCUT2D eigenvalue weighted by Gasteiger charge is -1.92. The molecule has 0 heteroatoms. The minimum absolute atomic E-state index is 0. The van der Waals surface area contributed by atoms with E-state index < -0.39 is 0 Å². The van der Waals surface area contributed by atoms with Gasteiger partial charge in [0.15, 0.2) is 0 Å². The summed E-state index contributed by atoms with van der Waals surface area (Å²) in [4.78, 5) is 0. The number of hydrogen-bond donors (Lipinski definition) is 0. The molecule has 0 aliphatic rings. The van der Waals surface area contributed by atoms with Crippen LogP contribution in [0.5, 0.6) is 0 Å². The molecule has 62 valence electrons. The van der Waals surface area contributed by atoms with E-state index in [1.54, 1.807) is 0 Å². The molecule has 0 spiro atoms. The third-order valence-electron chi connectivity index (χ3n) is 1.50. The fourth-order valence-corrected chi connectivity index (χ4v) is 0.881. The maximum absolute atomic E-state index is 3.61. The molecule has 4 radical (unpaired) electrons. The van der Waals surface area contributed by atoms with Crippen LogP contribution in [0.1, 0.15) is 39.0 Å². The second kappa shape index (κ2) is 12.2. The Morgan fingerprint density at radius 2 is 1.91 bits per heavy atom. The van der Waals surface area contributed by atoms with E-state index in [4.69, 9.17) is 0 Å². The molecule has 0 saturated carbocycles. The van der Waals surface area contributed by atoms with Crippen molar-refractivity contribution in [2.45, 2.75) is 39.0 Å².